The summed E-state index contributed by atoms with van der Waals surface area (Å²) in [4.78, 5) is 10.5. The Morgan fingerprint density at radius 1 is 1.11 bits per heavy atom. The number of hydrogen-bond donors (Lipinski definition) is 2. The van der Waals surface area contributed by atoms with Crippen molar-refractivity contribution in [3.8, 4) is 0 Å². The average Bonchev–Trinajstić information content (AvgIpc) is 2.35. The first kappa shape index (κ1) is 14.3. The van der Waals surface area contributed by atoms with E-state index in [-0.39, 0.29) is 10.6 Å². The molecule has 0 unspecified atom stereocenters. The molecule has 0 aliphatic carbocycles. The van der Waals surface area contributed by atoms with E-state index in [1.165, 1.54) is 12.8 Å². The van der Waals surface area contributed by atoms with Crippen molar-refractivity contribution in [1.82, 2.24) is 0 Å². The largest absolute Gasteiger partial charge is 0.385 e. The average molecular weight is 251 g/mol. The van der Waals surface area contributed by atoms with Crippen molar-refractivity contribution in [1.29, 1.82) is 0 Å². The lowest BCUT2D eigenvalue weighted by molar-refractivity contribution is -0.384. The Morgan fingerprint density at radius 3 is 2.33 bits per heavy atom. The predicted molar refractivity (Wildman–Crippen MR) is 75.3 cm³/mol. The molecule has 0 bridgehead atoms. The molecule has 1 rings (SSSR count). The summed E-state index contributed by atoms with van der Waals surface area (Å²) >= 11 is 0. The van der Waals surface area contributed by atoms with Gasteiger partial charge in [0.1, 0.15) is 0 Å². The minimum atomic E-state index is -0.363. The summed E-state index contributed by atoms with van der Waals surface area (Å²) in [6, 6.07) is 5.04. The van der Waals surface area contributed by atoms with Gasteiger partial charge in [-0.25, -0.2) is 0 Å². The van der Waals surface area contributed by atoms with Crippen molar-refractivity contribution >= 4 is 17.1 Å². The Kier molecular flexibility index (Phi) is 5.97. The molecule has 0 aliphatic heterocycles. The molecule has 18 heavy (non-hydrogen) atoms. The molecule has 100 valence electrons. The van der Waals surface area contributed by atoms with Crippen LogP contribution in [-0.4, -0.2) is 18.0 Å². The van der Waals surface area contributed by atoms with Gasteiger partial charge in [0.05, 0.1) is 4.92 Å². The molecule has 1 aromatic carbocycles. The summed E-state index contributed by atoms with van der Waals surface area (Å²) in [5, 5.41) is 17.2. The molecule has 5 heteroatoms. The van der Waals surface area contributed by atoms with Crippen molar-refractivity contribution in [2.75, 3.05) is 23.7 Å². The fraction of sp³-hybridized carbons (Fsp3) is 0.538. The summed E-state index contributed by atoms with van der Waals surface area (Å²) < 4.78 is 0. The molecule has 0 atom stereocenters. The van der Waals surface area contributed by atoms with Crippen molar-refractivity contribution in [2.45, 2.75) is 33.1 Å². The van der Waals surface area contributed by atoms with Crippen LogP contribution < -0.4 is 10.6 Å². The van der Waals surface area contributed by atoms with E-state index >= 15 is 0 Å². The molecule has 2 N–H and O–H groups in total. The first-order valence-corrected chi connectivity index (χ1v) is 6.44. The second-order valence-electron chi connectivity index (χ2n) is 4.19. The molecule has 0 aliphatic rings. The Balaban J connectivity index is 2.72. The van der Waals surface area contributed by atoms with Gasteiger partial charge < -0.3 is 10.6 Å². The zero-order valence-electron chi connectivity index (χ0n) is 11.0. The van der Waals surface area contributed by atoms with Crippen molar-refractivity contribution < 1.29 is 4.92 Å². The molecule has 0 amide bonds. The highest BCUT2D eigenvalue weighted by atomic mass is 16.6. The van der Waals surface area contributed by atoms with E-state index in [9.17, 15) is 10.1 Å². The van der Waals surface area contributed by atoms with Crippen LogP contribution >= 0.6 is 0 Å². The van der Waals surface area contributed by atoms with Gasteiger partial charge in [0.15, 0.2) is 0 Å². The van der Waals surface area contributed by atoms with Gasteiger partial charge in [-0.2, -0.15) is 0 Å². The number of rotatable bonds is 8. The van der Waals surface area contributed by atoms with Crippen molar-refractivity contribution in [3.05, 3.63) is 28.3 Å². The zero-order chi connectivity index (χ0) is 13.4. The standard InChI is InChI=1S/C13H21N3O2/c1-3-5-6-7-15-12-8-11(14-4-2)9-13(10-12)16(17)18/h8-10,14-15H,3-7H2,1-2H3. The van der Waals surface area contributed by atoms with Crippen LogP contribution in [0.5, 0.6) is 0 Å². The van der Waals surface area contributed by atoms with Gasteiger partial charge >= 0.3 is 0 Å². The highest BCUT2D eigenvalue weighted by Crippen LogP contribution is 2.24. The number of nitrogens with zero attached hydrogens (tertiary/aromatic N) is 1. The van der Waals surface area contributed by atoms with Crippen LogP contribution in [0.3, 0.4) is 0 Å². The van der Waals surface area contributed by atoms with E-state index in [0.717, 1.165) is 30.9 Å². The van der Waals surface area contributed by atoms with E-state index in [2.05, 4.69) is 17.6 Å². The maximum absolute atomic E-state index is 10.8. The van der Waals surface area contributed by atoms with E-state index in [4.69, 9.17) is 0 Å². The van der Waals surface area contributed by atoms with Gasteiger partial charge in [-0.05, 0) is 19.4 Å². The first-order valence-electron chi connectivity index (χ1n) is 6.44. The number of anilines is 2. The van der Waals surface area contributed by atoms with Gasteiger partial charge in [0.25, 0.3) is 5.69 Å². The van der Waals surface area contributed by atoms with Crippen molar-refractivity contribution in [2.24, 2.45) is 0 Å². The monoisotopic (exact) mass is 251 g/mol. The molecular weight excluding hydrogens is 230 g/mol. The van der Waals surface area contributed by atoms with Crippen LogP contribution in [0.25, 0.3) is 0 Å². The number of nitrogens with one attached hydrogen (secondary N) is 2. The lowest BCUT2D eigenvalue weighted by Crippen LogP contribution is -2.04. The molecule has 0 aromatic heterocycles. The second kappa shape index (κ2) is 7.53. The quantitative estimate of drug-likeness (QED) is 0.420. The van der Waals surface area contributed by atoms with Crippen LogP contribution in [0.4, 0.5) is 17.1 Å². The third-order valence-corrected chi connectivity index (χ3v) is 2.62. The van der Waals surface area contributed by atoms with Gasteiger partial charge in [0.2, 0.25) is 0 Å². The summed E-state index contributed by atoms with van der Waals surface area (Å²) in [7, 11) is 0. The number of nitro benzene ring substituents is 1. The SMILES string of the molecule is CCCCCNc1cc(NCC)cc([N+](=O)[O-])c1. The fourth-order valence-electron chi connectivity index (χ4n) is 1.73. The molecule has 0 saturated heterocycles. The molecule has 0 fully saturated rings. The second-order valence-corrected chi connectivity index (χ2v) is 4.19. The smallest absolute Gasteiger partial charge is 0.273 e. The number of benzene rings is 1. The third-order valence-electron chi connectivity index (χ3n) is 2.62. The molecule has 1 aromatic rings. The summed E-state index contributed by atoms with van der Waals surface area (Å²) in [5.74, 6) is 0. The highest BCUT2D eigenvalue weighted by Gasteiger charge is 2.09. The summed E-state index contributed by atoms with van der Waals surface area (Å²) in [5.41, 5.74) is 1.70. The van der Waals surface area contributed by atoms with E-state index < -0.39 is 0 Å². The lowest BCUT2D eigenvalue weighted by Gasteiger charge is -2.09. The topological polar surface area (TPSA) is 67.2 Å². The van der Waals surface area contributed by atoms with Gasteiger partial charge in [0, 0.05) is 36.6 Å². The van der Waals surface area contributed by atoms with Crippen LogP contribution in [0.1, 0.15) is 33.1 Å². The van der Waals surface area contributed by atoms with Crippen LogP contribution in [-0.2, 0) is 0 Å². The highest BCUT2D eigenvalue weighted by molar-refractivity contribution is 5.63. The molecule has 0 heterocycles. The molecule has 0 spiro atoms. The number of non-ortho nitro benzene ring substituents is 1. The molecule has 5 nitrogen and oxygen atoms in total. The summed E-state index contributed by atoms with van der Waals surface area (Å²) in [6.07, 6.45) is 3.41. The van der Waals surface area contributed by atoms with E-state index in [1.54, 1.807) is 12.1 Å². The van der Waals surface area contributed by atoms with Crippen LogP contribution in [0.2, 0.25) is 0 Å². The number of hydrogen-bond acceptors (Lipinski definition) is 4. The van der Waals surface area contributed by atoms with Crippen molar-refractivity contribution in [3.63, 3.8) is 0 Å². The Bertz CT molecular complexity index is 394. The lowest BCUT2D eigenvalue weighted by atomic mass is 10.2. The van der Waals surface area contributed by atoms with Gasteiger partial charge in [-0.1, -0.05) is 19.8 Å². The van der Waals surface area contributed by atoms with E-state index in [0.29, 0.717) is 0 Å². The normalized spacial score (nSPS) is 10.1. The Hall–Kier alpha value is -1.78. The first-order chi connectivity index (χ1) is 8.67. The van der Waals surface area contributed by atoms with Gasteiger partial charge in [-0.15, -0.1) is 0 Å². The fourth-order valence-corrected chi connectivity index (χ4v) is 1.73. The molecule has 0 radical (unpaired) electrons. The van der Waals surface area contributed by atoms with Gasteiger partial charge in [-0.3, -0.25) is 10.1 Å². The van der Waals surface area contributed by atoms with E-state index in [1.807, 2.05) is 13.0 Å². The zero-order valence-corrected chi connectivity index (χ0v) is 11.0. The maximum atomic E-state index is 10.8. The maximum Gasteiger partial charge on any atom is 0.273 e. The minimum absolute atomic E-state index is 0.117. The summed E-state index contributed by atoms with van der Waals surface area (Å²) in [6.45, 7) is 5.71. The number of unbranched alkanes of at least 4 members (excludes halogenated alkanes) is 2. The third kappa shape index (κ3) is 4.61. The Labute approximate surface area is 108 Å². The Morgan fingerprint density at radius 2 is 1.78 bits per heavy atom. The van der Waals surface area contributed by atoms with Crippen LogP contribution in [0, 0.1) is 10.1 Å². The molecular formula is C13H21N3O2. The van der Waals surface area contributed by atoms with Crippen LogP contribution in [0.15, 0.2) is 18.2 Å². The molecule has 0 saturated carbocycles. The minimum Gasteiger partial charge on any atom is -0.385 e. The predicted octanol–water partition coefficient (Wildman–Crippen LogP) is 3.63. The number of nitro groups is 1.